The van der Waals surface area contributed by atoms with Crippen molar-refractivity contribution in [2.45, 2.75) is 25.8 Å². The Bertz CT molecular complexity index is 446. The van der Waals surface area contributed by atoms with Crippen LogP contribution in [0.4, 0.5) is 0 Å². The molecule has 0 aliphatic rings. The van der Waals surface area contributed by atoms with Gasteiger partial charge in [0.1, 0.15) is 0 Å². The van der Waals surface area contributed by atoms with E-state index in [1.165, 1.54) is 11.1 Å². The van der Waals surface area contributed by atoms with Gasteiger partial charge in [0.15, 0.2) is 0 Å². The molecular weight excluding hydrogens is 230 g/mol. The highest BCUT2D eigenvalue weighted by atomic mass is 14.6. The Kier molecular flexibility index (Phi) is 7.30. The topological polar surface area (TPSA) is 26.0 Å². The summed E-state index contributed by atoms with van der Waals surface area (Å²) in [5, 5.41) is 0. The van der Waals surface area contributed by atoms with Crippen molar-refractivity contribution in [1.29, 1.82) is 0 Å². The van der Waals surface area contributed by atoms with Crippen LogP contribution in [0.15, 0.2) is 67.2 Å². The lowest BCUT2D eigenvalue weighted by molar-refractivity contribution is 0.666. The molecule has 0 spiro atoms. The van der Waals surface area contributed by atoms with Gasteiger partial charge in [0.05, 0.1) is 0 Å². The zero-order valence-corrected chi connectivity index (χ0v) is 11.6. The highest BCUT2D eigenvalue weighted by molar-refractivity contribution is 5.45. The van der Waals surface area contributed by atoms with Crippen LogP contribution in [0.2, 0.25) is 0 Å². The first kappa shape index (κ1) is 15.2. The van der Waals surface area contributed by atoms with Crippen LogP contribution in [0.3, 0.4) is 0 Å². The molecule has 0 amide bonds. The Morgan fingerprint density at radius 1 is 1.00 bits per heavy atom. The van der Waals surface area contributed by atoms with Gasteiger partial charge in [-0.1, -0.05) is 73.3 Å². The minimum atomic E-state index is 0.315. The lowest BCUT2D eigenvalue weighted by Crippen LogP contribution is -2.15. The molecule has 0 bridgehead atoms. The standard InChI is InChI=1S/C10H15N.C8H8/c1-9(11)7-8-10-5-3-2-4-6-10;1-2-8-6-4-3-5-7-8/h2-6,9H,7-8,11H2,1H3;2-7H,1H2. The number of aryl methyl sites for hydroxylation is 1. The Hall–Kier alpha value is -1.86. The van der Waals surface area contributed by atoms with Crippen molar-refractivity contribution in [2.24, 2.45) is 5.73 Å². The summed E-state index contributed by atoms with van der Waals surface area (Å²) in [5.41, 5.74) is 8.19. The second-order valence-corrected chi connectivity index (χ2v) is 4.62. The third kappa shape index (κ3) is 7.22. The monoisotopic (exact) mass is 253 g/mol. The maximum Gasteiger partial charge on any atom is 0.00136 e. The molecule has 1 atom stereocenters. The van der Waals surface area contributed by atoms with E-state index in [0.717, 1.165) is 12.8 Å². The molecule has 0 heterocycles. The Morgan fingerprint density at radius 2 is 1.53 bits per heavy atom. The highest BCUT2D eigenvalue weighted by Gasteiger charge is 1.94. The van der Waals surface area contributed by atoms with Gasteiger partial charge in [-0.05, 0) is 30.9 Å². The summed E-state index contributed by atoms with van der Waals surface area (Å²) in [6.07, 6.45) is 4.00. The van der Waals surface area contributed by atoms with Gasteiger partial charge in [-0.2, -0.15) is 0 Å². The Balaban J connectivity index is 0.000000200. The summed E-state index contributed by atoms with van der Waals surface area (Å²) in [7, 11) is 0. The Labute approximate surface area is 116 Å². The molecular formula is C18H23N. The van der Waals surface area contributed by atoms with Crippen molar-refractivity contribution in [3.05, 3.63) is 78.4 Å². The normalized spacial score (nSPS) is 11.1. The molecule has 1 nitrogen and oxygen atoms in total. The van der Waals surface area contributed by atoms with Gasteiger partial charge < -0.3 is 5.73 Å². The van der Waals surface area contributed by atoms with E-state index in [-0.39, 0.29) is 0 Å². The SMILES string of the molecule is C=Cc1ccccc1.CC(N)CCc1ccccc1. The van der Waals surface area contributed by atoms with E-state index in [1.807, 2.05) is 49.4 Å². The molecule has 0 saturated carbocycles. The molecule has 100 valence electrons. The van der Waals surface area contributed by atoms with E-state index in [9.17, 15) is 0 Å². The van der Waals surface area contributed by atoms with E-state index < -0.39 is 0 Å². The Morgan fingerprint density at radius 3 is 1.95 bits per heavy atom. The quantitative estimate of drug-likeness (QED) is 0.864. The van der Waals surface area contributed by atoms with Gasteiger partial charge >= 0.3 is 0 Å². The van der Waals surface area contributed by atoms with Crippen LogP contribution >= 0.6 is 0 Å². The fourth-order valence-corrected chi connectivity index (χ4v) is 1.63. The van der Waals surface area contributed by atoms with Gasteiger partial charge in [-0.3, -0.25) is 0 Å². The first-order valence-corrected chi connectivity index (χ1v) is 6.69. The molecule has 0 aliphatic carbocycles. The number of benzene rings is 2. The molecule has 1 heteroatoms. The molecule has 2 aromatic rings. The third-order valence-corrected chi connectivity index (χ3v) is 2.77. The molecule has 0 aliphatic heterocycles. The summed E-state index contributed by atoms with van der Waals surface area (Å²) in [4.78, 5) is 0. The third-order valence-electron chi connectivity index (χ3n) is 2.77. The smallest absolute Gasteiger partial charge is 0.00136 e. The summed E-state index contributed by atoms with van der Waals surface area (Å²) < 4.78 is 0. The van der Waals surface area contributed by atoms with Crippen LogP contribution in [0.1, 0.15) is 24.5 Å². The van der Waals surface area contributed by atoms with Crippen LogP contribution in [0.5, 0.6) is 0 Å². The maximum atomic E-state index is 5.64. The first-order chi connectivity index (χ1) is 9.22. The molecule has 2 N–H and O–H groups in total. The predicted molar refractivity (Wildman–Crippen MR) is 84.9 cm³/mol. The number of nitrogens with two attached hydrogens (primary N) is 1. The maximum absolute atomic E-state index is 5.64. The molecule has 0 fully saturated rings. The molecule has 19 heavy (non-hydrogen) atoms. The lowest BCUT2D eigenvalue weighted by Gasteiger charge is -2.03. The zero-order valence-electron chi connectivity index (χ0n) is 11.6. The van der Waals surface area contributed by atoms with E-state index in [0.29, 0.717) is 6.04 Å². The molecule has 0 saturated heterocycles. The van der Waals surface area contributed by atoms with Crippen LogP contribution in [-0.4, -0.2) is 6.04 Å². The molecule has 0 radical (unpaired) electrons. The van der Waals surface area contributed by atoms with Crippen LogP contribution in [0, 0.1) is 0 Å². The largest absolute Gasteiger partial charge is 0.328 e. The molecule has 1 unspecified atom stereocenters. The van der Waals surface area contributed by atoms with Crippen molar-refractivity contribution < 1.29 is 0 Å². The minimum Gasteiger partial charge on any atom is -0.328 e. The van der Waals surface area contributed by atoms with Crippen molar-refractivity contribution in [1.82, 2.24) is 0 Å². The fourth-order valence-electron chi connectivity index (χ4n) is 1.63. The summed E-state index contributed by atoms with van der Waals surface area (Å²) in [5.74, 6) is 0. The van der Waals surface area contributed by atoms with Gasteiger partial charge in [-0.25, -0.2) is 0 Å². The van der Waals surface area contributed by atoms with Crippen molar-refractivity contribution in [3.63, 3.8) is 0 Å². The minimum absolute atomic E-state index is 0.315. The number of hydrogen-bond donors (Lipinski definition) is 1. The lowest BCUT2D eigenvalue weighted by atomic mass is 10.1. The van der Waals surface area contributed by atoms with Gasteiger partial charge in [0.25, 0.3) is 0 Å². The van der Waals surface area contributed by atoms with Crippen LogP contribution < -0.4 is 5.73 Å². The van der Waals surface area contributed by atoms with Crippen LogP contribution in [0.25, 0.3) is 6.08 Å². The van der Waals surface area contributed by atoms with E-state index >= 15 is 0 Å². The second-order valence-electron chi connectivity index (χ2n) is 4.62. The predicted octanol–water partition coefficient (Wildman–Crippen LogP) is 4.30. The van der Waals surface area contributed by atoms with E-state index in [2.05, 4.69) is 30.8 Å². The summed E-state index contributed by atoms with van der Waals surface area (Å²) >= 11 is 0. The van der Waals surface area contributed by atoms with Gasteiger partial charge in [0, 0.05) is 6.04 Å². The highest BCUT2D eigenvalue weighted by Crippen LogP contribution is 2.03. The molecule has 2 rings (SSSR count). The van der Waals surface area contributed by atoms with Crippen LogP contribution in [-0.2, 0) is 6.42 Å². The van der Waals surface area contributed by atoms with Gasteiger partial charge in [0.2, 0.25) is 0 Å². The molecule has 2 aromatic carbocycles. The molecule has 0 aromatic heterocycles. The van der Waals surface area contributed by atoms with Crippen molar-refractivity contribution in [2.75, 3.05) is 0 Å². The first-order valence-electron chi connectivity index (χ1n) is 6.69. The zero-order chi connectivity index (χ0) is 13.9. The van der Waals surface area contributed by atoms with Crippen molar-refractivity contribution >= 4 is 6.08 Å². The number of rotatable bonds is 4. The fraction of sp³-hybridized carbons (Fsp3) is 0.222. The number of hydrogen-bond acceptors (Lipinski definition) is 1. The van der Waals surface area contributed by atoms with Gasteiger partial charge in [-0.15, -0.1) is 0 Å². The summed E-state index contributed by atoms with van der Waals surface area (Å²) in [6, 6.07) is 20.8. The van der Waals surface area contributed by atoms with E-state index in [4.69, 9.17) is 5.73 Å². The average molecular weight is 253 g/mol. The van der Waals surface area contributed by atoms with E-state index in [1.54, 1.807) is 0 Å². The van der Waals surface area contributed by atoms with Crippen molar-refractivity contribution in [3.8, 4) is 0 Å². The average Bonchev–Trinajstić information content (AvgIpc) is 2.48. The second kappa shape index (κ2) is 9.12. The summed E-state index contributed by atoms with van der Waals surface area (Å²) in [6.45, 7) is 5.68.